The number of nitrogens with zero attached hydrogens (tertiary/aromatic N) is 2. The molecule has 0 saturated heterocycles. The van der Waals surface area contributed by atoms with Gasteiger partial charge in [0.25, 0.3) is 0 Å². The van der Waals surface area contributed by atoms with Gasteiger partial charge in [-0.25, -0.2) is 4.39 Å². The first-order valence-corrected chi connectivity index (χ1v) is 7.71. The van der Waals surface area contributed by atoms with E-state index in [2.05, 4.69) is 15.5 Å². The molecule has 2 rings (SSSR count). The Kier molecular flexibility index (Phi) is 4.87. The monoisotopic (exact) mass is 322 g/mol. The molecule has 22 heavy (non-hydrogen) atoms. The van der Waals surface area contributed by atoms with Crippen LogP contribution in [0.2, 0.25) is 0 Å². The molecule has 0 saturated carbocycles. The van der Waals surface area contributed by atoms with Crippen LogP contribution in [0.3, 0.4) is 0 Å². The Morgan fingerprint density at radius 2 is 2.05 bits per heavy atom. The zero-order valence-electron chi connectivity index (χ0n) is 12.8. The van der Waals surface area contributed by atoms with Crippen LogP contribution in [0.5, 0.6) is 0 Å². The van der Waals surface area contributed by atoms with Gasteiger partial charge in [-0.2, -0.15) is 0 Å². The van der Waals surface area contributed by atoms with Crippen molar-refractivity contribution in [1.29, 1.82) is 0 Å². The van der Waals surface area contributed by atoms with Crippen molar-refractivity contribution >= 4 is 22.4 Å². The van der Waals surface area contributed by atoms with Gasteiger partial charge >= 0.3 is 0 Å². The molecule has 7 heteroatoms. The van der Waals surface area contributed by atoms with Crippen LogP contribution in [0.25, 0.3) is 0 Å². The van der Waals surface area contributed by atoms with Crippen LogP contribution in [0.15, 0.2) is 24.3 Å². The first-order valence-electron chi connectivity index (χ1n) is 6.89. The number of nitrogens with two attached hydrogens (primary N) is 1. The summed E-state index contributed by atoms with van der Waals surface area (Å²) in [6.07, 6.45) is 0.339. The molecule has 0 aliphatic rings. The third kappa shape index (κ3) is 4.08. The summed E-state index contributed by atoms with van der Waals surface area (Å²) in [5.74, 6) is -0.584. The van der Waals surface area contributed by atoms with Crippen LogP contribution in [-0.4, -0.2) is 22.1 Å². The van der Waals surface area contributed by atoms with E-state index in [1.807, 2.05) is 20.8 Å². The van der Waals surface area contributed by atoms with Gasteiger partial charge in [-0.1, -0.05) is 50.3 Å². The number of amides is 1. The summed E-state index contributed by atoms with van der Waals surface area (Å²) < 4.78 is 13.6. The van der Waals surface area contributed by atoms with Crippen LogP contribution >= 0.6 is 11.3 Å². The maximum absolute atomic E-state index is 13.6. The molecule has 0 aliphatic carbocycles. The van der Waals surface area contributed by atoms with E-state index in [0.717, 1.165) is 0 Å². The lowest BCUT2D eigenvalue weighted by molar-refractivity contribution is -0.119. The lowest BCUT2D eigenvalue weighted by Crippen LogP contribution is -2.45. The van der Waals surface area contributed by atoms with E-state index in [4.69, 9.17) is 5.73 Å². The van der Waals surface area contributed by atoms with E-state index in [9.17, 15) is 9.18 Å². The Balaban J connectivity index is 2.03. The number of anilines is 1. The Labute approximate surface area is 132 Å². The van der Waals surface area contributed by atoms with E-state index in [1.54, 1.807) is 18.2 Å². The number of benzene rings is 1. The average molecular weight is 322 g/mol. The predicted molar refractivity (Wildman–Crippen MR) is 85.2 cm³/mol. The Hall–Kier alpha value is -1.86. The molecular weight excluding hydrogens is 303 g/mol. The van der Waals surface area contributed by atoms with Crippen molar-refractivity contribution in [1.82, 2.24) is 10.2 Å². The number of carbonyl (C=O) groups excluding carboxylic acids is 1. The number of halogens is 1. The number of carbonyl (C=O) groups is 1. The molecule has 1 aromatic carbocycles. The van der Waals surface area contributed by atoms with Gasteiger partial charge in [0.05, 0.1) is 6.04 Å². The molecule has 5 nitrogen and oxygen atoms in total. The summed E-state index contributed by atoms with van der Waals surface area (Å²) in [5, 5.41) is 11.5. The van der Waals surface area contributed by atoms with Crippen molar-refractivity contribution in [2.24, 2.45) is 11.1 Å². The van der Waals surface area contributed by atoms with Crippen LogP contribution in [0.1, 0.15) is 31.3 Å². The predicted octanol–water partition coefficient (Wildman–Crippen LogP) is 2.58. The topological polar surface area (TPSA) is 80.9 Å². The fourth-order valence-corrected chi connectivity index (χ4v) is 2.52. The summed E-state index contributed by atoms with van der Waals surface area (Å²) in [7, 11) is 0. The summed E-state index contributed by atoms with van der Waals surface area (Å²) >= 11 is 1.22. The molecule has 0 spiro atoms. The lowest BCUT2D eigenvalue weighted by Gasteiger charge is -2.25. The van der Waals surface area contributed by atoms with Crippen molar-refractivity contribution in [2.45, 2.75) is 33.2 Å². The number of aromatic nitrogens is 2. The molecule has 1 heterocycles. The highest BCUT2D eigenvalue weighted by Crippen LogP contribution is 2.22. The quantitative estimate of drug-likeness (QED) is 0.906. The molecule has 1 atom stereocenters. The molecule has 3 N–H and O–H groups in total. The van der Waals surface area contributed by atoms with Crippen LogP contribution in [0, 0.1) is 11.2 Å². The molecule has 0 unspecified atom stereocenters. The summed E-state index contributed by atoms with van der Waals surface area (Å²) in [6, 6.07) is 5.86. The highest BCUT2D eigenvalue weighted by molar-refractivity contribution is 7.15. The summed E-state index contributed by atoms with van der Waals surface area (Å²) in [4.78, 5) is 12.0. The highest BCUT2D eigenvalue weighted by atomic mass is 32.1. The van der Waals surface area contributed by atoms with Crippen molar-refractivity contribution in [2.75, 3.05) is 5.32 Å². The van der Waals surface area contributed by atoms with Gasteiger partial charge in [-0.05, 0) is 17.0 Å². The van der Waals surface area contributed by atoms with Crippen LogP contribution in [-0.2, 0) is 11.2 Å². The zero-order valence-corrected chi connectivity index (χ0v) is 13.6. The number of hydrogen-bond donors (Lipinski definition) is 2. The third-order valence-electron chi connectivity index (χ3n) is 3.21. The molecular formula is C15H19FN4OS. The van der Waals surface area contributed by atoms with Gasteiger partial charge in [0.2, 0.25) is 11.0 Å². The first kappa shape index (κ1) is 16.5. The number of hydrogen-bond acceptors (Lipinski definition) is 5. The largest absolute Gasteiger partial charge is 0.319 e. The van der Waals surface area contributed by atoms with E-state index < -0.39 is 6.04 Å². The molecule has 1 aromatic heterocycles. The van der Waals surface area contributed by atoms with Crippen molar-refractivity contribution in [3.63, 3.8) is 0 Å². The lowest BCUT2D eigenvalue weighted by atomic mass is 9.87. The molecule has 118 valence electrons. The second kappa shape index (κ2) is 6.50. The Morgan fingerprint density at radius 3 is 2.68 bits per heavy atom. The minimum absolute atomic E-state index is 0.280. The fourth-order valence-electron chi connectivity index (χ4n) is 1.76. The zero-order chi connectivity index (χ0) is 16.3. The molecule has 0 aliphatic heterocycles. The fraction of sp³-hybridized carbons (Fsp3) is 0.400. The first-order chi connectivity index (χ1) is 10.3. The van der Waals surface area contributed by atoms with Crippen LogP contribution < -0.4 is 11.1 Å². The smallest absolute Gasteiger partial charge is 0.243 e. The molecule has 0 radical (unpaired) electrons. The van der Waals surface area contributed by atoms with Gasteiger partial charge in [-0.15, -0.1) is 10.2 Å². The maximum atomic E-state index is 13.6. The number of rotatable bonds is 4. The van der Waals surface area contributed by atoms with Gasteiger partial charge in [-0.3, -0.25) is 10.1 Å². The molecule has 2 aromatic rings. The normalized spacial score (nSPS) is 13.0. The van der Waals surface area contributed by atoms with Gasteiger partial charge in [0, 0.05) is 6.42 Å². The molecule has 0 fully saturated rings. The van der Waals surface area contributed by atoms with Crippen molar-refractivity contribution in [3.8, 4) is 0 Å². The minimum atomic E-state index is -0.647. The van der Waals surface area contributed by atoms with Crippen molar-refractivity contribution < 1.29 is 9.18 Å². The number of nitrogens with one attached hydrogen (secondary N) is 1. The van der Waals surface area contributed by atoms with E-state index in [-0.39, 0.29) is 17.1 Å². The van der Waals surface area contributed by atoms with E-state index >= 15 is 0 Å². The van der Waals surface area contributed by atoms with Gasteiger partial charge < -0.3 is 5.73 Å². The Morgan fingerprint density at radius 1 is 1.36 bits per heavy atom. The molecule has 1 amide bonds. The summed E-state index contributed by atoms with van der Waals surface area (Å²) in [6.45, 7) is 5.67. The average Bonchev–Trinajstić information content (AvgIpc) is 2.86. The Bertz CT molecular complexity index is 666. The van der Waals surface area contributed by atoms with Crippen molar-refractivity contribution in [3.05, 3.63) is 40.7 Å². The SMILES string of the molecule is CC(C)(C)[C@H](N)C(=O)Nc1nnc(Cc2ccccc2F)s1. The van der Waals surface area contributed by atoms with E-state index in [0.29, 0.717) is 22.1 Å². The summed E-state index contributed by atoms with van der Waals surface area (Å²) in [5.41, 5.74) is 6.09. The van der Waals surface area contributed by atoms with Crippen LogP contribution in [0.4, 0.5) is 9.52 Å². The molecule has 0 bridgehead atoms. The van der Waals surface area contributed by atoms with Gasteiger partial charge in [0.1, 0.15) is 10.8 Å². The van der Waals surface area contributed by atoms with Gasteiger partial charge in [0.15, 0.2) is 0 Å². The van der Waals surface area contributed by atoms with E-state index in [1.165, 1.54) is 17.4 Å². The second-order valence-corrected chi connectivity index (χ2v) is 7.16. The second-order valence-electron chi connectivity index (χ2n) is 6.10. The third-order valence-corrected chi connectivity index (χ3v) is 4.05. The maximum Gasteiger partial charge on any atom is 0.243 e. The highest BCUT2D eigenvalue weighted by Gasteiger charge is 2.28. The minimum Gasteiger partial charge on any atom is -0.319 e. The standard InChI is InChI=1S/C15H19FN4OS/c1-15(2,3)12(17)13(21)18-14-20-19-11(22-14)8-9-6-4-5-7-10(9)16/h4-7,12H,8,17H2,1-3H3,(H,18,20,21)/t12-/m1/s1.